The molecule has 1 amide bonds. The second kappa shape index (κ2) is 7.01. The van der Waals surface area contributed by atoms with E-state index in [1.807, 2.05) is 13.8 Å². The molecule has 0 aliphatic carbocycles. The Bertz CT molecular complexity index is 734. The highest BCUT2D eigenvalue weighted by molar-refractivity contribution is 6.28. The Labute approximate surface area is 136 Å². The van der Waals surface area contributed by atoms with Gasteiger partial charge in [-0.05, 0) is 37.6 Å². The number of amides is 1. The van der Waals surface area contributed by atoms with Crippen LogP contribution in [0.2, 0.25) is 5.28 Å². The van der Waals surface area contributed by atoms with Crippen LogP contribution in [0, 0.1) is 0 Å². The molecule has 0 fully saturated rings. The molecule has 120 valence electrons. The van der Waals surface area contributed by atoms with Crippen molar-refractivity contribution in [3.63, 3.8) is 0 Å². The van der Waals surface area contributed by atoms with Crippen molar-refractivity contribution in [1.82, 2.24) is 15.0 Å². The van der Waals surface area contributed by atoms with Crippen LogP contribution in [0.5, 0.6) is 5.88 Å². The third-order valence-electron chi connectivity index (χ3n) is 2.52. The van der Waals surface area contributed by atoms with Gasteiger partial charge in [0, 0.05) is 12.3 Å². The van der Waals surface area contributed by atoms with Crippen molar-refractivity contribution in [2.24, 2.45) is 0 Å². The topological polar surface area (TPSA) is 114 Å². The van der Waals surface area contributed by atoms with Gasteiger partial charge >= 0.3 is 5.97 Å². The maximum atomic E-state index is 12.2. The molecule has 0 saturated heterocycles. The summed E-state index contributed by atoms with van der Waals surface area (Å²) in [6.45, 7) is 3.62. The molecule has 2 rings (SSSR count). The number of nitrogens with zero attached hydrogens (tertiary/aromatic N) is 3. The van der Waals surface area contributed by atoms with E-state index in [0.717, 1.165) is 6.20 Å². The molecule has 23 heavy (non-hydrogen) atoms. The van der Waals surface area contributed by atoms with E-state index in [2.05, 4.69) is 20.3 Å². The molecule has 2 heterocycles. The molecule has 0 bridgehead atoms. The second-order valence-electron chi connectivity index (χ2n) is 4.72. The van der Waals surface area contributed by atoms with Crippen molar-refractivity contribution in [3.8, 4) is 5.88 Å². The summed E-state index contributed by atoms with van der Waals surface area (Å²) in [4.78, 5) is 34.4. The molecule has 8 nitrogen and oxygen atoms in total. The molecule has 0 spiro atoms. The number of nitrogens with one attached hydrogen (secondary N) is 1. The quantitative estimate of drug-likeness (QED) is 0.805. The van der Waals surface area contributed by atoms with Gasteiger partial charge in [0.05, 0.1) is 11.7 Å². The van der Waals surface area contributed by atoms with Gasteiger partial charge in [-0.2, -0.15) is 4.98 Å². The average Bonchev–Trinajstić information content (AvgIpc) is 2.46. The summed E-state index contributed by atoms with van der Waals surface area (Å²) in [5, 5.41) is 11.2. The zero-order valence-corrected chi connectivity index (χ0v) is 13.0. The molecule has 0 aromatic carbocycles. The molecule has 2 aromatic heterocycles. The lowest BCUT2D eigenvalue weighted by Gasteiger charge is -2.10. The molecule has 0 saturated carbocycles. The summed E-state index contributed by atoms with van der Waals surface area (Å²) in [5.74, 6) is -1.31. The standard InChI is InChI=1S/C14H13ClN4O4/c1-7(2)23-11-5-9(17-14(15)19-11)12(20)18-10-4-3-8(6-16-10)13(21)22/h3-7H,1-2H3,(H,21,22)(H,16,18,20). The number of carbonyl (C=O) groups is 2. The first-order valence-electron chi connectivity index (χ1n) is 6.57. The summed E-state index contributed by atoms with van der Waals surface area (Å²) in [7, 11) is 0. The van der Waals surface area contributed by atoms with Crippen LogP contribution in [0.1, 0.15) is 34.7 Å². The summed E-state index contributed by atoms with van der Waals surface area (Å²) in [6.07, 6.45) is 1.00. The molecule has 2 N–H and O–H groups in total. The molecule has 2 aromatic rings. The number of anilines is 1. The lowest BCUT2D eigenvalue weighted by atomic mass is 10.3. The fraction of sp³-hybridized carbons (Fsp3) is 0.214. The van der Waals surface area contributed by atoms with Crippen LogP contribution in [-0.2, 0) is 0 Å². The van der Waals surface area contributed by atoms with Crippen molar-refractivity contribution >= 4 is 29.3 Å². The summed E-state index contributed by atoms with van der Waals surface area (Å²) in [6, 6.07) is 4.05. The number of aromatic carboxylic acids is 1. The van der Waals surface area contributed by atoms with Crippen molar-refractivity contribution in [3.05, 3.63) is 40.9 Å². The average molecular weight is 337 g/mol. The normalized spacial score (nSPS) is 10.4. The van der Waals surface area contributed by atoms with Crippen LogP contribution in [0.4, 0.5) is 5.82 Å². The Balaban J connectivity index is 2.16. The van der Waals surface area contributed by atoms with Crippen LogP contribution in [0.15, 0.2) is 24.4 Å². The van der Waals surface area contributed by atoms with E-state index >= 15 is 0 Å². The predicted octanol–water partition coefficient (Wildman–Crippen LogP) is 2.26. The Morgan fingerprint density at radius 3 is 2.61 bits per heavy atom. The SMILES string of the molecule is CC(C)Oc1cc(C(=O)Nc2ccc(C(=O)O)cn2)nc(Cl)n1. The highest BCUT2D eigenvalue weighted by Gasteiger charge is 2.14. The lowest BCUT2D eigenvalue weighted by molar-refractivity contribution is 0.0696. The maximum absolute atomic E-state index is 12.2. The molecule has 0 unspecified atom stereocenters. The first kappa shape index (κ1) is 16.6. The van der Waals surface area contributed by atoms with Gasteiger partial charge in [0.2, 0.25) is 11.2 Å². The minimum absolute atomic E-state index is 0.00441. The van der Waals surface area contributed by atoms with Gasteiger partial charge in [-0.3, -0.25) is 4.79 Å². The summed E-state index contributed by atoms with van der Waals surface area (Å²) < 4.78 is 5.38. The van der Waals surface area contributed by atoms with Crippen molar-refractivity contribution in [2.75, 3.05) is 5.32 Å². The first-order chi connectivity index (χ1) is 10.8. The highest BCUT2D eigenvalue weighted by atomic mass is 35.5. The summed E-state index contributed by atoms with van der Waals surface area (Å²) in [5.41, 5.74) is 0.0189. The zero-order chi connectivity index (χ0) is 17.0. The lowest BCUT2D eigenvalue weighted by Crippen LogP contribution is -2.16. The Kier molecular flexibility index (Phi) is 5.07. The van der Waals surface area contributed by atoms with E-state index in [-0.39, 0.29) is 34.3 Å². The Morgan fingerprint density at radius 1 is 1.30 bits per heavy atom. The zero-order valence-electron chi connectivity index (χ0n) is 12.3. The molecule has 0 aliphatic heterocycles. The molecule has 0 aliphatic rings. The first-order valence-corrected chi connectivity index (χ1v) is 6.95. The number of carboxylic acid groups (broad SMARTS) is 1. The van der Waals surface area contributed by atoms with E-state index in [0.29, 0.717) is 0 Å². The van der Waals surface area contributed by atoms with Gasteiger partial charge in [-0.15, -0.1) is 0 Å². The predicted molar refractivity (Wildman–Crippen MR) is 82.0 cm³/mol. The number of pyridine rings is 1. The minimum Gasteiger partial charge on any atom is -0.478 e. The summed E-state index contributed by atoms with van der Waals surface area (Å²) >= 11 is 5.77. The van der Waals surface area contributed by atoms with E-state index in [4.69, 9.17) is 21.4 Å². The second-order valence-corrected chi connectivity index (χ2v) is 5.06. The molecule has 0 atom stereocenters. The Morgan fingerprint density at radius 2 is 2.04 bits per heavy atom. The van der Waals surface area contributed by atoms with Gasteiger partial charge in [0.25, 0.3) is 5.91 Å². The van der Waals surface area contributed by atoms with Crippen LogP contribution in [-0.4, -0.2) is 38.0 Å². The van der Waals surface area contributed by atoms with Gasteiger partial charge in [0.1, 0.15) is 11.5 Å². The number of ether oxygens (including phenoxy) is 1. The van der Waals surface area contributed by atoms with Gasteiger partial charge < -0.3 is 15.2 Å². The number of halogens is 1. The van der Waals surface area contributed by atoms with Crippen LogP contribution >= 0.6 is 11.6 Å². The van der Waals surface area contributed by atoms with E-state index in [9.17, 15) is 9.59 Å². The largest absolute Gasteiger partial charge is 0.478 e. The van der Waals surface area contributed by atoms with Crippen molar-refractivity contribution < 1.29 is 19.4 Å². The molecule has 9 heteroatoms. The molecule has 0 radical (unpaired) electrons. The van der Waals surface area contributed by atoms with Gasteiger partial charge in [-0.1, -0.05) is 0 Å². The van der Waals surface area contributed by atoms with Crippen LogP contribution in [0.3, 0.4) is 0 Å². The maximum Gasteiger partial charge on any atom is 0.337 e. The number of rotatable bonds is 5. The van der Waals surface area contributed by atoms with Gasteiger partial charge in [0.15, 0.2) is 0 Å². The smallest absolute Gasteiger partial charge is 0.337 e. The van der Waals surface area contributed by atoms with E-state index < -0.39 is 11.9 Å². The number of aromatic nitrogens is 3. The monoisotopic (exact) mass is 336 g/mol. The number of carboxylic acids is 1. The fourth-order valence-corrected chi connectivity index (χ4v) is 1.76. The van der Waals surface area contributed by atoms with Crippen LogP contribution in [0.25, 0.3) is 0 Å². The minimum atomic E-state index is -1.10. The van der Waals surface area contributed by atoms with Gasteiger partial charge in [-0.25, -0.2) is 14.8 Å². The molecular weight excluding hydrogens is 324 g/mol. The number of carbonyl (C=O) groups excluding carboxylic acids is 1. The third-order valence-corrected chi connectivity index (χ3v) is 2.69. The van der Waals surface area contributed by atoms with E-state index in [1.54, 1.807) is 0 Å². The number of hydrogen-bond acceptors (Lipinski definition) is 6. The molecular formula is C14H13ClN4O4. The van der Waals surface area contributed by atoms with Crippen molar-refractivity contribution in [2.45, 2.75) is 20.0 Å². The number of hydrogen-bond donors (Lipinski definition) is 2. The van der Waals surface area contributed by atoms with E-state index in [1.165, 1.54) is 18.2 Å². The highest BCUT2D eigenvalue weighted by Crippen LogP contribution is 2.15. The Hall–Kier alpha value is -2.74. The third kappa shape index (κ3) is 4.62. The fourth-order valence-electron chi connectivity index (χ4n) is 1.59. The van der Waals surface area contributed by atoms with Crippen LogP contribution < -0.4 is 10.1 Å². The van der Waals surface area contributed by atoms with Crippen molar-refractivity contribution in [1.29, 1.82) is 0 Å².